The van der Waals surface area contributed by atoms with Crippen LogP contribution in [-0.4, -0.2) is 74.0 Å². The first-order valence-electron chi connectivity index (χ1n) is 12.7. The van der Waals surface area contributed by atoms with Gasteiger partial charge < -0.3 is 32.6 Å². The van der Waals surface area contributed by atoms with Gasteiger partial charge in [-0.05, 0) is 12.1 Å². The zero-order chi connectivity index (χ0) is 28.6. The van der Waals surface area contributed by atoms with Crippen molar-refractivity contribution in [2.45, 2.75) is 38.9 Å². The molecule has 0 aliphatic heterocycles. The molecule has 0 bridgehead atoms. The molecule has 3 aromatic heterocycles. The largest absolute Gasteiger partial charge is 0.465 e. The highest BCUT2D eigenvalue weighted by molar-refractivity contribution is 5.81. The highest BCUT2D eigenvalue weighted by atomic mass is 16.6. The topological polar surface area (TPSA) is 146 Å². The minimum atomic E-state index is -1.35. The van der Waals surface area contributed by atoms with E-state index in [-0.39, 0.29) is 45.7 Å². The van der Waals surface area contributed by atoms with E-state index >= 15 is 0 Å². The zero-order valence-electron chi connectivity index (χ0n) is 22.1. The molecule has 214 valence electrons. The van der Waals surface area contributed by atoms with E-state index in [1.807, 2.05) is 29.1 Å². The normalized spacial score (nSPS) is 11.0. The maximum absolute atomic E-state index is 12.5. The molecule has 13 nitrogen and oxygen atoms in total. The number of carbonyl (C=O) groups excluding carboxylic acids is 4. The first kappa shape index (κ1) is 29.9. The molecule has 0 aliphatic rings. The van der Waals surface area contributed by atoms with Gasteiger partial charge in [-0.25, -0.2) is 14.8 Å². The quantitative estimate of drug-likeness (QED) is 0.129. The second kappa shape index (κ2) is 15.7. The van der Waals surface area contributed by atoms with Gasteiger partial charge in [0, 0.05) is 62.9 Å². The third-order valence-electron chi connectivity index (χ3n) is 5.81. The van der Waals surface area contributed by atoms with Crippen LogP contribution >= 0.6 is 0 Å². The Bertz CT molecular complexity index is 1070. The lowest BCUT2D eigenvalue weighted by Crippen LogP contribution is -2.44. The summed E-state index contributed by atoms with van der Waals surface area (Å²) < 4.78 is 27.0. The van der Waals surface area contributed by atoms with Crippen LogP contribution in [0, 0.1) is 5.41 Å². The Balaban J connectivity index is 1.65. The van der Waals surface area contributed by atoms with E-state index in [0.717, 1.165) is 6.08 Å². The molecule has 0 saturated carbocycles. The fraction of sp³-hybridized carbons (Fsp3) is 0.407. The molecule has 0 amide bonds. The first-order valence-corrected chi connectivity index (χ1v) is 12.7. The standard InChI is InChI=1S/C27H33N5O8/c1-2-23(33)37-17-27(18-38-24(34)5-12-30-10-3-4-11-30,19-39-25(35)6-13-31-15-8-28-21-31)20-40-26(36)7-14-32-16-9-29-22-32/h2-4,8-11,15-16,21-22H,1,5-7,12-14,17-20H2. The van der Waals surface area contributed by atoms with Crippen molar-refractivity contribution in [1.82, 2.24) is 23.7 Å². The number of imidazole rings is 2. The van der Waals surface area contributed by atoms with Crippen LogP contribution in [0.5, 0.6) is 0 Å². The van der Waals surface area contributed by atoms with Crippen LogP contribution in [0.3, 0.4) is 0 Å². The van der Waals surface area contributed by atoms with E-state index in [1.54, 1.807) is 46.6 Å². The minimum Gasteiger partial charge on any atom is -0.465 e. The highest BCUT2D eigenvalue weighted by Gasteiger charge is 2.37. The summed E-state index contributed by atoms with van der Waals surface area (Å²) in [4.78, 5) is 57.3. The number of rotatable bonds is 18. The molecule has 0 unspecified atom stereocenters. The summed E-state index contributed by atoms with van der Waals surface area (Å²) in [6.45, 7) is 3.12. The summed E-state index contributed by atoms with van der Waals surface area (Å²) >= 11 is 0. The Morgan fingerprint density at radius 2 is 1.07 bits per heavy atom. The van der Waals surface area contributed by atoms with Crippen molar-refractivity contribution < 1.29 is 38.1 Å². The van der Waals surface area contributed by atoms with Crippen molar-refractivity contribution in [3.63, 3.8) is 0 Å². The van der Waals surface area contributed by atoms with Crippen LogP contribution < -0.4 is 0 Å². The van der Waals surface area contributed by atoms with E-state index in [9.17, 15) is 19.2 Å². The molecule has 0 saturated heterocycles. The van der Waals surface area contributed by atoms with E-state index < -0.39 is 29.3 Å². The summed E-state index contributed by atoms with van der Waals surface area (Å²) in [5, 5.41) is 0. The third kappa shape index (κ3) is 10.6. The minimum absolute atomic E-state index is 0.0419. The lowest BCUT2D eigenvalue weighted by molar-refractivity contribution is -0.169. The van der Waals surface area contributed by atoms with Gasteiger partial charge in [0.25, 0.3) is 0 Å². The Labute approximate surface area is 231 Å². The molecular weight excluding hydrogens is 522 g/mol. The Hall–Kier alpha value is -4.68. The molecule has 3 aromatic rings. The van der Waals surface area contributed by atoms with Crippen molar-refractivity contribution in [1.29, 1.82) is 0 Å². The first-order chi connectivity index (χ1) is 19.4. The van der Waals surface area contributed by atoms with Crippen molar-refractivity contribution in [3.8, 4) is 0 Å². The summed E-state index contributed by atoms with van der Waals surface area (Å²) in [5.74, 6) is -2.34. The molecule has 13 heteroatoms. The molecule has 0 radical (unpaired) electrons. The summed E-state index contributed by atoms with van der Waals surface area (Å²) in [6, 6.07) is 3.68. The summed E-state index contributed by atoms with van der Waals surface area (Å²) in [6.07, 6.45) is 14.5. The molecule has 3 rings (SSSR count). The zero-order valence-corrected chi connectivity index (χ0v) is 22.1. The molecule has 0 N–H and O–H groups in total. The Kier molecular flexibility index (Phi) is 11.7. The third-order valence-corrected chi connectivity index (χ3v) is 5.81. The average molecular weight is 556 g/mol. The van der Waals surface area contributed by atoms with Crippen molar-refractivity contribution >= 4 is 23.9 Å². The molecule has 0 spiro atoms. The molecule has 3 heterocycles. The smallest absolute Gasteiger partial charge is 0.330 e. The van der Waals surface area contributed by atoms with Gasteiger partial charge in [0.1, 0.15) is 31.8 Å². The van der Waals surface area contributed by atoms with Crippen LogP contribution in [0.2, 0.25) is 0 Å². The van der Waals surface area contributed by atoms with Gasteiger partial charge in [-0.1, -0.05) is 6.58 Å². The number of nitrogens with zero attached hydrogens (tertiary/aromatic N) is 5. The molecular formula is C27H33N5O8. The molecule has 0 aromatic carbocycles. The van der Waals surface area contributed by atoms with Gasteiger partial charge >= 0.3 is 23.9 Å². The van der Waals surface area contributed by atoms with Crippen molar-refractivity contribution in [2.75, 3.05) is 26.4 Å². The Morgan fingerprint density at radius 3 is 1.48 bits per heavy atom. The monoisotopic (exact) mass is 555 g/mol. The van der Waals surface area contributed by atoms with Crippen molar-refractivity contribution in [2.24, 2.45) is 5.41 Å². The number of aryl methyl sites for hydroxylation is 3. The van der Waals surface area contributed by atoms with Gasteiger partial charge in [-0.15, -0.1) is 0 Å². The van der Waals surface area contributed by atoms with Gasteiger partial charge in [-0.3, -0.25) is 14.4 Å². The number of carbonyl (C=O) groups is 4. The van der Waals surface area contributed by atoms with E-state index in [4.69, 9.17) is 18.9 Å². The molecule has 0 fully saturated rings. The van der Waals surface area contributed by atoms with Crippen LogP contribution in [0.25, 0.3) is 0 Å². The number of hydrogen-bond acceptors (Lipinski definition) is 10. The van der Waals surface area contributed by atoms with Crippen molar-refractivity contribution in [3.05, 3.63) is 74.6 Å². The lowest BCUT2D eigenvalue weighted by atomic mass is 9.92. The van der Waals surface area contributed by atoms with Crippen LogP contribution in [0.1, 0.15) is 19.3 Å². The number of ether oxygens (including phenoxy) is 4. The maximum atomic E-state index is 12.5. The summed E-state index contributed by atoms with van der Waals surface area (Å²) in [5.41, 5.74) is -1.35. The van der Waals surface area contributed by atoms with Gasteiger partial charge in [0.05, 0.1) is 31.9 Å². The molecule has 0 atom stereocenters. The van der Waals surface area contributed by atoms with E-state index in [1.165, 1.54) is 0 Å². The average Bonchev–Trinajstić information content (AvgIpc) is 3.77. The predicted octanol–water partition coefficient (Wildman–Crippen LogP) is 1.80. The summed E-state index contributed by atoms with van der Waals surface area (Å²) in [7, 11) is 0. The SMILES string of the molecule is C=CC(=O)OCC(COC(=O)CCn1cccc1)(COC(=O)CCn1ccnc1)COC(=O)CCn1ccnc1. The fourth-order valence-electron chi connectivity index (χ4n) is 3.47. The van der Waals surface area contributed by atoms with Crippen LogP contribution in [0.15, 0.2) is 74.6 Å². The highest BCUT2D eigenvalue weighted by Crippen LogP contribution is 2.22. The molecule has 40 heavy (non-hydrogen) atoms. The van der Waals surface area contributed by atoms with E-state index in [0.29, 0.717) is 19.6 Å². The second-order valence-electron chi connectivity index (χ2n) is 9.07. The second-order valence-corrected chi connectivity index (χ2v) is 9.07. The Morgan fingerprint density at radius 1 is 0.650 bits per heavy atom. The van der Waals surface area contributed by atoms with E-state index in [2.05, 4.69) is 16.5 Å². The number of aromatic nitrogens is 5. The van der Waals surface area contributed by atoms with Gasteiger partial charge in [-0.2, -0.15) is 0 Å². The lowest BCUT2D eigenvalue weighted by Gasteiger charge is -2.31. The number of hydrogen-bond donors (Lipinski definition) is 0. The van der Waals surface area contributed by atoms with Crippen LogP contribution in [0.4, 0.5) is 0 Å². The predicted molar refractivity (Wildman–Crippen MR) is 139 cm³/mol. The van der Waals surface area contributed by atoms with Crippen LogP contribution in [-0.2, 0) is 57.8 Å². The maximum Gasteiger partial charge on any atom is 0.330 e. The molecule has 0 aliphatic carbocycles. The fourth-order valence-corrected chi connectivity index (χ4v) is 3.47. The number of esters is 4. The van der Waals surface area contributed by atoms with Gasteiger partial charge in [0.15, 0.2) is 0 Å². The van der Waals surface area contributed by atoms with Gasteiger partial charge in [0.2, 0.25) is 0 Å².